The molecule has 5 nitrogen and oxygen atoms in total. The summed E-state index contributed by atoms with van der Waals surface area (Å²) in [6.07, 6.45) is 1.89. The van der Waals surface area contributed by atoms with Crippen LogP contribution < -0.4 is 10.1 Å². The Labute approximate surface area is 168 Å². The Morgan fingerprint density at radius 1 is 1.11 bits per heavy atom. The molecule has 2 rings (SSSR count). The van der Waals surface area contributed by atoms with Crippen LogP contribution in [-0.4, -0.2) is 25.1 Å². The number of halogens is 1. The Morgan fingerprint density at radius 3 is 2.63 bits per heavy atom. The van der Waals surface area contributed by atoms with E-state index < -0.39 is 5.97 Å². The normalized spacial score (nSPS) is 10.3. The average Bonchev–Trinajstić information content (AvgIpc) is 2.66. The second-order valence-corrected chi connectivity index (χ2v) is 6.77. The van der Waals surface area contributed by atoms with Crippen molar-refractivity contribution in [2.24, 2.45) is 0 Å². The minimum absolute atomic E-state index is 0.125. The van der Waals surface area contributed by atoms with Gasteiger partial charge in [0.15, 0.2) is 0 Å². The Kier molecular flexibility index (Phi) is 8.33. The summed E-state index contributed by atoms with van der Waals surface area (Å²) in [6.45, 7) is 4.61. The van der Waals surface area contributed by atoms with E-state index in [4.69, 9.17) is 9.47 Å². The lowest BCUT2D eigenvalue weighted by molar-refractivity contribution is -0.116. The van der Waals surface area contributed by atoms with E-state index in [9.17, 15) is 9.59 Å². The van der Waals surface area contributed by atoms with Crippen LogP contribution in [0.25, 0.3) is 0 Å². The molecule has 2 aromatic carbocycles. The molecule has 0 fully saturated rings. The highest BCUT2D eigenvalue weighted by molar-refractivity contribution is 9.10. The lowest BCUT2D eigenvalue weighted by Crippen LogP contribution is -2.13. The SMILES string of the molecule is CCOC(=O)c1cccc(NC(=O)CCCOc2ccc(CC)cc2Br)c1. The summed E-state index contributed by atoms with van der Waals surface area (Å²) in [5, 5.41) is 2.79. The maximum absolute atomic E-state index is 12.1. The van der Waals surface area contributed by atoms with Gasteiger partial charge in [0.2, 0.25) is 5.91 Å². The van der Waals surface area contributed by atoms with Crippen LogP contribution in [0.2, 0.25) is 0 Å². The van der Waals surface area contributed by atoms with Gasteiger partial charge in [-0.15, -0.1) is 0 Å². The quantitative estimate of drug-likeness (QED) is 0.446. The molecule has 2 aromatic rings. The van der Waals surface area contributed by atoms with E-state index in [1.165, 1.54) is 5.56 Å². The number of benzene rings is 2. The van der Waals surface area contributed by atoms with Gasteiger partial charge in [0.05, 0.1) is 23.2 Å². The fourth-order valence-corrected chi connectivity index (χ4v) is 3.00. The third-order valence-electron chi connectivity index (χ3n) is 3.87. The predicted molar refractivity (Wildman–Crippen MR) is 109 cm³/mol. The first-order valence-corrected chi connectivity index (χ1v) is 9.81. The summed E-state index contributed by atoms with van der Waals surface area (Å²) < 4.78 is 11.6. The minimum atomic E-state index is -0.401. The van der Waals surface area contributed by atoms with Crippen LogP contribution in [0, 0.1) is 0 Å². The Bertz CT molecular complexity index is 792. The lowest BCUT2D eigenvalue weighted by atomic mass is 10.2. The molecule has 0 heterocycles. The van der Waals surface area contributed by atoms with Crippen molar-refractivity contribution in [1.29, 1.82) is 0 Å². The first kappa shape index (κ1) is 21.0. The highest BCUT2D eigenvalue weighted by atomic mass is 79.9. The number of anilines is 1. The summed E-state index contributed by atoms with van der Waals surface area (Å²) in [6, 6.07) is 12.7. The topological polar surface area (TPSA) is 64.6 Å². The standard InChI is InChI=1S/C21H24BrNO4/c1-3-15-10-11-19(18(22)13-15)27-12-6-9-20(24)23-17-8-5-7-16(14-17)21(25)26-4-2/h5,7-8,10-11,13-14H,3-4,6,9,12H2,1-2H3,(H,23,24). The van der Waals surface area contributed by atoms with Crippen LogP contribution in [0.3, 0.4) is 0 Å². The first-order chi connectivity index (χ1) is 13.0. The number of carbonyl (C=O) groups is 2. The van der Waals surface area contributed by atoms with E-state index in [1.807, 2.05) is 18.2 Å². The van der Waals surface area contributed by atoms with Crippen LogP contribution in [0.1, 0.15) is 42.6 Å². The molecule has 0 saturated carbocycles. The highest BCUT2D eigenvalue weighted by Gasteiger charge is 2.09. The van der Waals surface area contributed by atoms with Gasteiger partial charge in [0.25, 0.3) is 0 Å². The zero-order valence-electron chi connectivity index (χ0n) is 15.6. The Balaban J connectivity index is 1.78. The fourth-order valence-electron chi connectivity index (χ4n) is 2.46. The van der Waals surface area contributed by atoms with Crippen LogP contribution in [0.5, 0.6) is 5.75 Å². The molecule has 27 heavy (non-hydrogen) atoms. The van der Waals surface area contributed by atoms with E-state index in [0.717, 1.165) is 16.6 Å². The molecule has 0 aliphatic carbocycles. The average molecular weight is 434 g/mol. The lowest BCUT2D eigenvalue weighted by Gasteiger charge is -2.10. The van der Waals surface area contributed by atoms with Crippen molar-refractivity contribution in [2.75, 3.05) is 18.5 Å². The molecule has 144 valence electrons. The number of carbonyl (C=O) groups excluding carboxylic acids is 2. The molecule has 0 bridgehead atoms. The van der Waals surface area contributed by atoms with E-state index in [1.54, 1.807) is 31.2 Å². The Hall–Kier alpha value is -2.34. The number of aryl methyl sites for hydroxylation is 1. The van der Waals surface area contributed by atoms with E-state index >= 15 is 0 Å². The van der Waals surface area contributed by atoms with Gasteiger partial charge in [-0.3, -0.25) is 4.79 Å². The van der Waals surface area contributed by atoms with Crippen molar-refractivity contribution in [3.05, 3.63) is 58.1 Å². The number of rotatable bonds is 9. The van der Waals surface area contributed by atoms with Crippen molar-refractivity contribution in [3.63, 3.8) is 0 Å². The molecule has 0 aliphatic heterocycles. The van der Waals surface area contributed by atoms with Crippen molar-refractivity contribution >= 4 is 33.5 Å². The van der Waals surface area contributed by atoms with Gasteiger partial charge in [-0.1, -0.05) is 19.1 Å². The van der Waals surface area contributed by atoms with Gasteiger partial charge in [0.1, 0.15) is 5.75 Å². The molecule has 6 heteroatoms. The van der Waals surface area contributed by atoms with Crippen molar-refractivity contribution in [2.45, 2.75) is 33.1 Å². The summed E-state index contributed by atoms with van der Waals surface area (Å²) in [5.74, 6) is 0.247. The van der Waals surface area contributed by atoms with Gasteiger partial charge in [-0.25, -0.2) is 4.79 Å². The summed E-state index contributed by atoms with van der Waals surface area (Å²) in [5.41, 5.74) is 2.22. The number of nitrogens with one attached hydrogen (secondary N) is 1. The molecule has 1 amide bonds. The van der Waals surface area contributed by atoms with E-state index in [-0.39, 0.29) is 5.91 Å². The molecular weight excluding hydrogens is 410 g/mol. The van der Waals surface area contributed by atoms with E-state index in [2.05, 4.69) is 28.2 Å². The van der Waals surface area contributed by atoms with Gasteiger partial charge in [0, 0.05) is 12.1 Å². The number of hydrogen-bond acceptors (Lipinski definition) is 4. The molecule has 0 spiro atoms. The minimum Gasteiger partial charge on any atom is -0.492 e. The molecule has 0 aliphatic rings. The third-order valence-corrected chi connectivity index (χ3v) is 4.49. The Morgan fingerprint density at radius 2 is 1.93 bits per heavy atom. The fraction of sp³-hybridized carbons (Fsp3) is 0.333. The zero-order chi connectivity index (χ0) is 19.6. The maximum Gasteiger partial charge on any atom is 0.338 e. The number of hydrogen-bond donors (Lipinski definition) is 1. The van der Waals surface area contributed by atoms with Gasteiger partial charge >= 0.3 is 5.97 Å². The molecule has 0 aromatic heterocycles. The molecular formula is C21H24BrNO4. The second kappa shape index (κ2) is 10.7. The van der Waals surface area contributed by atoms with Crippen LogP contribution >= 0.6 is 15.9 Å². The van der Waals surface area contributed by atoms with Crippen molar-refractivity contribution in [3.8, 4) is 5.75 Å². The zero-order valence-corrected chi connectivity index (χ0v) is 17.2. The van der Waals surface area contributed by atoms with Gasteiger partial charge < -0.3 is 14.8 Å². The monoisotopic (exact) mass is 433 g/mol. The maximum atomic E-state index is 12.1. The molecule has 0 saturated heterocycles. The molecule has 0 atom stereocenters. The second-order valence-electron chi connectivity index (χ2n) is 5.92. The largest absolute Gasteiger partial charge is 0.492 e. The summed E-state index contributed by atoms with van der Waals surface area (Å²) in [7, 11) is 0. The summed E-state index contributed by atoms with van der Waals surface area (Å²) in [4.78, 5) is 23.8. The predicted octanol–water partition coefficient (Wildman–Crippen LogP) is 4.99. The molecule has 1 N–H and O–H groups in total. The van der Waals surface area contributed by atoms with Gasteiger partial charge in [-0.05, 0) is 71.6 Å². The van der Waals surface area contributed by atoms with Crippen molar-refractivity contribution < 1.29 is 19.1 Å². The van der Waals surface area contributed by atoms with Gasteiger partial charge in [-0.2, -0.15) is 0 Å². The van der Waals surface area contributed by atoms with Crippen LogP contribution in [0.4, 0.5) is 5.69 Å². The number of ether oxygens (including phenoxy) is 2. The van der Waals surface area contributed by atoms with Crippen LogP contribution in [-0.2, 0) is 16.0 Å². The van der Waals surface area contributed by atoms with Crippen molar-refractivity contribution in [1.82, 2.24) is 0 Å². The smallest absolute Gasteiger partial charge is 0.338 e. The molecule has 0 unspecified atom stereocenters. The first-order valence-electron chi connectivity index (χ1n) is 9.01. The number of amides is 1. The van der Waals surface area contributed by atoms with Crippen LogP contribution in [0.15, 0.2) is 46.9 Å². The third kappa shape index (κ3) is 6.71. The summed E-state index contributed by atoms with van der Waals surface area (Å²) >= 11 is 3.50. The number of esters is 1. The molecule has 0 radical (unpaired) electrons. The highest BCUT2D eigenvalue weighted by Crippen LogP contribution is 2.26. The van der Waals surface area contributed by atoms with E-state index in [0.29, 0.717) is 37.3 Å².